The first kappa shape index (κ1) is 12.7. The number of hydrogen-bond acceptors (Lipinski definition) is 3. The van der Waals surface area contributed by atoms with E-state index in [0.717, 1.165) is 24.7 Å². The summed E-state index contributed by atoms with van der Waals surface area (Å²) in [6.45, 7) is 6.74. The fraction of sp³-hybridized carbons (Fsp3) is 0.667. The molecular formula is C12H19NO3. The fourth-order valence-electron chi connectivity index (χ4n) is 1.61. The van der Waals surface area contributed by atoms with Crippen LogP contribution >= 0.6 is 0 Å². The maximum atomic E-state index is 11.8. The molecular weight excluding hydrogens is 206 g/mol. The van der Waals surface area contributed by atoms with E-state index in [1.54, 1.807) is 4.90 Å². The van der Waals surface area contributed by atoms with Crippen molar-refractivity contribution in [2.24, 2.45) is 0 Å². The van der Waals surface area contributed by atoms with Crippen LogP contribution in [-0.4, -0.2) is 36.0 Å². The van der Waals surface area contributed by atoms with Crippen LogP contribution in [0, 0.1) is 0 Å². The monoisotopic (exact) mass is 225 g/mol. The van der Waals surface area contributed by atoms with Gasteiger partial charge in [0.05, 0.1) is 0 Å². The highest BCUT2D eigenvalue weighted by atomic mass is 16.6. The molecule has 0 bridgehead atoms. The third-order valence-electron chi connectivity index (χ3n) is 2.28. The summed E-state index contributed by atoms with van der Waals surface area (Å²) < 4.78 is 5.28. The Hall–Kier alpha value is -1.32. The highest BCUT2D eigenvalue weighted by molar-refractivity contribution is 5.70. The Morgan fingerprint density at radius 1 is 1.44 bits per heavy atom. The fourth-order valence-corrected chi connectivity index (χ4v) is 1.61. The summed E-state index contributed by atoms with van der Waals surface area (Å²) in [7, 11) is 0. The molecule has 0 spiro atoms. The highest BCUT2D eigenvalue weighted by Gasteiger charge is 2.24. The molecule has 0 aromatic rings. The number of aldehydes is 1. The van der Waals surface area contributed by atoms with Crippen molar-refractivity contribution in [2.45, 2.75) is 39.2 Å². The Morgan fingerprint density at radius 3 is 2.69 bits per heavy atom. The second kappa shape index (κ2) is 5.14. The van der Waals surface area contributed by atoms with Gasteiger partial charge in [-0.05, 0) is 45.3 Å². The average Bonchev–Trinajstić information content (AvgIpc) is 2.16. The van der Waals surface area contributed by atoms with Crippen LogP contribution in [0.4, 0.5) is 4.79 Å². The minimum Gasteiger partial charge on any atom is -0.444 e. The molecule has 90 valence electrons. The molecule has 1 aliphatic rings. The standard InChI is InChI=1S/C12H19NO3/c1-12(2,3)16-11(15)13-7-4-5-10(9-13)6-8-14/h6,8H,4-5,7,9H2,1-3H3/b10-6-. The molecule has 0 unspecified atom stereocenters. The number of hydrogen-bond donors (Lipinski definition) is 0. The summed E-state index contributed by atoms with van der Waals surface area (Å²) in [5, 5.41) is 0. The van der Waals surface area contributed by atoms with Gasteiger partial charge in [-0.3, -0.25) is 4.79 Å². The number of carbonyl (C=O) groups is 2. The first-order valence-electron chi connectivity index (χ1n) is 5.53. The van der Waals surface area contributed by atoms with E-state index >= 15 is 0 Å². The number of likely N-dealkylation sites (tertiary alicyclic amines) is 1. The lowest BCUT2D eigenvalue weighted by atomic mass is 10.1. The van der Waals surface area contributed by atoms with E-state index in [0.29, 0.717) is 13.1 Å². The number of amides is 1. The molecule has 0 aromatic carbocycles. The van der Waals surface area contributed by atoms with E-state index in [1.165, 1.54) is 6.08 Å². The van der Waals surface area contributed by atoms with Crippen LogP contribution in [0.5, 0.6) is 0 Å². The molecule has 0 saturated carbocycles. The lowest BCUT2D eigenvalue weighted by Crippen LogP contribution is -2.40. The quantitative estimate of drug-likeness (QED) is 0.507. The number of ether oxygens (including phenoxy) is 1. The zero-order chi connectivity index (χ0) is 12.2. The number of rotatable bonds is 1. The molecule has 1 amide bonds. The zero-order valence-electron chi connectivity index (χ0n) is 10.2. The number of nitrogens with zero attached hydrogens (tertiary/aromatic N) is 1. The van der Waals surface area contributed by atoms with E-state index in [-0.39, 0.29) is 6.09 Å². The topological polar surface area (TPSA) is 46.6 Å². The largest absolute Gasteiger partial charge is 0.444 e. The van der Waals surface area contributed by atoms with Gasteiger partial charge < -0.3 is 9.64 Å². The second-order valence-electron chi connectivity index (χ2n) is 4.97. The van der Waals surface area contributed by atoms with Crippen LogP contribution in [-0.2, 0) is 9.53 Å². The number of piperidine rings is 1. The van der Waals surface area contributed by atoms with Crippen molar-refractivity contribution in [3.8, 4) is 0 Å². The Labute approximate surface area is 96.3 Å². The summed E-state index contributed by atoms with van der Waals surface area (Å²) in [6.07, 6.45) is 3.78. The van der Waals surface area contributed by atoms with Crippen molar-refractivity contribution in [3.05, 3.63) is 11.6 Å². The third-order valence-corrected chi connectivity index (χ3v) is 2.28. The van der Waals surface area contributed by atoms with Crippen molar-refractivity contribution in [1.29, 1.82) is 0 Å². The lowest BCUT2D eigenvalue weighted by molar-refractivity contribution is -0.104. The molecule has 4 heteroatoms. The van der Waals surface area contributed by atoms with Crippen molar-refractivity contribution in [3.63, 3.8) is 0 Å². The van der Waals surface area contributed by atoms with Gasteiger partial charge in [0.25, 0.3) is 0 Å². The summed E-state index contributed by atoms with van der Waals surface area (Å²) in [4.78, 5) is 23.8. The van der Waals surface area contributed by atoms with E-state index in [4.69, 9.17) is 4.74 Å². The molecule has 0 radical (unpaired) electrons. The molecule has 1 heterocycles. The van der Waals surface area contributed by atoms with Crippen molar-refractivity contribution in [1.82, 2.24) is 4.90 Å². The smallest absolute Gasteiger partial charge is 0.410 e. The van der Waals surface area contributed by atoms with Gasteiger partial charge in [0.1, 0.15) is 11.9 Å². The predicted octanol–water partition coefficient (Wildman–Crippen LogP) is 2.14. The van der Waals surface area contributed by atoms with Crippen LogP contribution in [0.15, 0.2) is 11.6 Å². The first-order chi connectivity index (χ1) is 7.42. The van der Waals surface area contributed by atoms with Crippen LogP contribution in [0.3, 0.4) is 0 Å². The van der Waals surface area contributed by atoms with E-state index in [2.05, 4.69) is 0 Å². The van der Waals surface area contributed by atoms with Gasteiger partial charge in [-0.25, -0.2) is 4.79 Å². The lowest BCUT2D eigenvalue weighted by Gasteiger charge is -2.31. The number of carbonyl (C=O) groups excluding carboxylic acids is 2. The molecule has 1 rings (SSSR count). The highest BCUT2D eigenvalue weighted by Crippen LogP contribution is 2.18. The van der Waals surface area contributed by atoms with Gasteiger partial charge in [0.2, 0.25) is 0 Å². The maximum absolute atomic E-state index is 11.8. The van der Waals surface area contributed by atoms with Gasteiger partial charge >= 0.3 is 6.09 Å². The molecule has 0 aromatic heterocycles. The van der Waals surface area contributed by atoms with E-state index < -0.39 is 5.60 Å². The van der Waals surface area contributed by atoms with Crippen molar-refractivity contribution < 1.29 is 14.3 Å². The average molecular weight is 225 g/mol. The van der Waals surface area contributed by atoms with Crippen LogP contribution in [0.1, 0.15) is 33.6 Å². The Kier molecular flexibility index (Phi) is 4.10. The van der Waals surface area contributed by atoms with Gasteiger partial charge in [0, 0.05) is 13.1 Å². The summed E-state index contributed by atoms with van der Waals surface area (Å²) in [5.74, 6) is 0. The summed E-state index contributed by atoms with van der Waals surface area (Å²) in [5.41, 5.74) is 0.524. The van der Waals surface area contributed by atoms with Crippen LogP contribution < -0.4 is 0 Å². The van der Waals surface area contributed by atoms with Crippen LogP contribution in [0.25, 0.3) is 0 Å². The normalized spacial score (nSPS) is 19.7. The van der Waals surface area contributed by atoms with Gasteiger partial charge in [0.15, 0.2) is 0 Å². The molecule has 4 nitrogen and oxygen atoms in total. The molecule has 1 fully saturated rings. The summed E-state index contributed by atoms with van der Waals surface area (Å²) >= 11 is 0. The van der Waals surface area contributed by atoms with Crippen molar-refractivity contribution >= 4 is 12.4 Å². The van der Waals surface area contributed by atoms with E-state index in [9.17, 15) is 9.59 Å². The molecule has 1 aliphatic heterocycles. The Bertz CT molecular complexity index is 302. The minimum absolute atomic E-state index is 0.302. The first-order valence-corrected chi connectivity index (χ1v) is 5.53. The molecule has 0 atom stereocenters. The number of allylic oxidation sites excluding steroid dienone is 1. The molecule has 0 N–H and O–H groups in total. The van der Waals surface area contributed by atoms with E-state index in [1.807, 2.05) is 20.8 Å². The third kappa shape index (κ3) is 4.04. The Balaban J connectivity index is 2.57. The predicted molar refractivity (Wildman–Crippen MR) is 61.2 cm³/mol. The summed E-state index contributed by atoms with van der Waals surface area (Å²) in [6, 6.07) is 0. The van der Waals surface area contributed by atoms with Crippen LogP contribution in [0.2, 0.25) is 0 Å². The maximum Gasteiger partial charge on any atom is 0.410 e. The SMILES string of the molecule is CC(C)(C)OC(=O)N1CCC/C(=C/C=O)C1. The zero-order valence-corrected chi connectivity index (χ0v) is 10.2. The molecule has 1 saturated heterocycles. The molecule has 16 heavy (non-hydrogen) atoms. The Morgan fingerprint density at radius 2 is 2.12 bits per heavy atom. The second-order valence-corrected chi connectivity index (χ2v) is 4.97. The van der Waals surface area contributed by atoms with Gasteiger partial charge in [-0.1, -0.05) is 0 Å². The molecule has 0 aliphatic carbocycles. The minimum atomic E-state index is -0.469. The van der Waals surface area contributed by atoms with Gasteiger partial charge in [-0.15, -0.1) is 0 Å². The van der Waals surface area contributed by atoms with Crippen molar-refractivity contribution in [2.75, 3.05) is 13.1 Å². The van der Waals surface area contributed by atoms with Gasteiger partial charge in [-0.2, -0.15) is 0 Å².